The summed E-state index contributed by atoms with van der Waals surface area (Å²) in [6, 6.07) is 21.0. The maximum absolute atomic E-state index is 12.6. The number of nitrogens with zero attached hydrogens (tertiary/aromatic N) is 5. The predicted octanol–water partition coefficient (Wildman–Crippen LogP) is 5.88. The molecule has 0 fully saturated rings. The maximum atomic E-state index is 12.6. The highest BCUT2D eigenvalue weighted by Crippen LogP contribution is 2.34. The van der Waals surface area contributed by atoms with E-state index in [1.807, 2.05) is 48.5 Å². The first-order valence-corrected chi connectivity index (χ1v) is 12.3. The molecule has 9 nitrogen and oxygen atoms in total. The molecule has 6 heterocycles. The number of hydrogen-bond donors (Lipinski definition) is 3. The van der Waals surface area contributed by atoms with Crippen LogP contribution in [0.3, 0.4) is 0 Å². The third-order valence-electron chi connectivity index (χ3n) is 6.56. The Kier molecular flexibility index (Phi) is 5.37. The molecule has 3 N–H and O–H groups in total. The summed E-state index contributed by atoms with van der Waals surface area (Å²) in [5.74, 6) is -0.196. The van der Waals surface area contributed by atoms with Crippen molar-refractivity contribution in [1.29, 1.82) is 0 Å². The van der Waals surface area contributed by atoms with Gasteiger partial charge in [0.2, 0.25) is 0 Å². The summed E-state index contributed by atoms with van der Waals surface area (Å²) in [6.45, 7) is 0. The molecule has 1 amide bonds. The van der Waals surface area contributed by atoms with Crippen LogP contribution in [0.15, 0.2) is 104 Å². The second kappa shape index (κ2) is 9.31. The summed E-state index contributed by atoms with van der Waals surface area (Å²) in [6.07, 6.45) is 10.5. The number of nitrogens with one attached hydrogen (secondary N) is 3. The van der Waals surface area contributed by atoms with E-state index < -0.39 is 0 Å². The number of amides is 1. The Balaban J connectivity index is 1.25. The second-order valence-corrected chi connectivity index (χ2v) is 9.01. The summed E-state index contributed by atoms with van der Waals surface area (Å²) in [4.78, 5) is 33.6. The van der Waals surface area contributed by atoms with Crippen LogP contribution in [0, 0.1) is 0 Å². The number of benzene rings is 1. The zero-order valence-electron chi connectivity index (χ0n) is 20.5. The lowest BCUT2D eigenvalue weighted by molar-refractivity contribution is 0.102. The van der Waals surface area contributed by atoms with Gasteiger partial charge >= 0.3 is 0 Å². The van der Waals surface area contributed by atoms with Crippen molar-refractivity contribution < 1.29 is 4.79 Å². The minimum atomic E-state index is -0.196. The number of rotatable bonds is 5. The lowest BCUT2D eigenvalue weighted by atomic mass is 10.0. The molecule has 7 aromatic rings. The molecule has 7 rings (SSSR count). The number of aromatic nitrogens is 7. The van der Waals surface area contributed by atoms with Crippen molar-refractivity contribution in [2.24, 2.45) is 0 Å². The molecule has 0 saturated carbocycles. The summed E-state index contributed by atoms with van der Waals surface area (Å²) >= 11 is 0. The minimum Gasteiger partial charge on any atom is -0.338 e. The third-order valence-corrected chi connectivity index (χ3v) is 6.56. The van der Waals surface area contributed by atoms with E-state index in [0.717, 1.165) is 50.1 Å². The highest BCUT2D eigenvalue weighted by atomic mass is 16.1. The quantitative estimate of drug-likeness (QED) is 0.267. The number of H-pyrrole nitrogens is 2. The van der Waals surface area contributed by atoms with Crippen LogP contribution in [0.5, 0.6) is 0 Å². The lowest BCUT2D eigenvalue weighted by Gasteiger charge is -2.07. The molecule has 0 atom stereocenters. The van der Waals surface area contributed by atoms with E-state index in [4.69, 9.17) is 0 Å². The van der Waals surface area contributed by atoms with Crippen LogP contribution in [0.2, 0.25) is 0 Å². The van der Waals surface area contributed by atoms with Gasteiger partial charge in [-0.05, 0) is 59.7 Å². The first-order chi connectivity index (χ1) is 19.2. The fourth-order valence-electron chi connectivity index (χ4n) is 4.66. The number of pyridine rings is 4. The molecule has 0 radical (unpaired) electrons. The van der Waals surface area contributed by atoms with Crippen molar-refractivity contribution in [1.82, 2.24) is 35.1 Å². The second-order valence-electron chi connectivity index (χ2n) is 9.01. The molecule has 0 saturated heterocycles. The Morgan fingerprint density at radius 1 is 0.718 bits per heavy atom. The zero-order valence-corrected chi connectivity index (χ0v) is 20.5. The molecule has 6 aromatic heterocycles. The Morgan fingerprint density at radius 2 is 1.56 bits per heavy atom. The molecule has 0 spiro atoms. The van der Waals surface area contributed by atoms with Crippen molar-refractivity contribution in [2.75, 3.05) is 5.32 Å². The molecule has 39 heavy (non-hydrogen) atoms. The lowest BCUT2D eigenvalue weighted by Crippen LogP contribution is -2.11. The van der Waals surface area contributed by atoms with E-state index in [-0.39, 0.29) is 5.91 Å². The predicted molar refractivity (Wildman–Crippen MR) is 150 cm³/mol. The topological polar surface area (TPSA) is 125 Å². The zero-order chi connectivity index (χ0) is 26.2. The molecular formula is C30H20N8O. The summed E-state index contributed by atoms with van der Waals surface area (Å²) in [5.41, 5.74) is 7.95. The smallest absolute Gasteiger partial charge is 0.255 e. The molecule has 9 heteroatoms. The van der Waals surface area contributed by atoms with Crippen molar-refractivity contribution in [3.8, 4) is 33.6 Å². The molecule has 1 aromatic carbocycles. The standard InChI is InChI=1S/C30H20N8O/c39-30(19-4-2-1-3-5-19)35-22-12-20(15-32-17-22)21-13-25-27(37-38-29(25)34-16-21)26-14-24-23(8-11-33-28(24)36-26)18-6-9-31-10-7-18/h1-17H,(H,33,36)(H,35,39)(H,34,37,38). The van der Waals surface area contributed by atoms with Crippen LogP contribution in [0.1, 0.15) is 10.4 Å². The van der Waals surface area contributed by atoms with Crippen LogP contribution in [-0.2, 0) is 0 Å². The van der Waals surface area contributed by atoms with Gasteiger partial charge in [0.15, 0.2) is 5.65 Å². The Hall–Kier alpha value is -5.70. The summed E-state index contributed by atoms with van der Waals surface area (Å²) in [7, 11) is 0. The van der Waals surface area contributed by atoms with Crippen molar-refractivity contribution in [3.05, 3.63) is 109 Å². The Labute approximate surface area is 222 Å². The Morgan fingerprint density at radius 3 is 2.44 bits per heavy atom. The largest absolute Gasteiger partial charge is 0.338 e. The van der Waals surface area contributed by atoms with Gasteiger partial charge in [-0.2, -0.15) is 5.10 Å². The highest BCUT2D eigenvalue weighted by Gasteiger charge is 2.16. The van der Waals surface area contributed by atoms with Gasteiger partial charge in [-0.3, -0.25) is 19.9 Å². The van der Waals surface area contributed by atoms with Crippen molar-refractivity contribution in [2.45, 2.75) is 0 Å². The van der Waals surface area contributed by atoms with Gasteiger partial charge in [0.25, 0.3) is 5.91 Å². The number of hydrogen-bond acceptors (Lipinski definition) is 6. The molecule has 0 aliphatic rings. The third kappa shape index (κ3) is 4.17. The van der Waals surface area contributed by atoms with Crippen molar-refractivity contribution >= 4 is 33.7 Å². The monoisotopic (exact) mass is 508 g/mol. The van der Waals surface area contributed by atoms with E-state index in [2.05, 4.69) is 46.5 Å². The van der Waals surface area contributed by atoms with Gasteiger partial charge in [0, 0.05) is 58.4 Å². The van der Waals surface area contributed by atoms with Gasteiger partial charge < -0.3 is 10.3 Å². The summed E-state index contributed by atoms with van der Waals surface area (Å²) in [5, 5.41) is 12.3. The maximum Gasteiger partial charge on any atom is 0.255 e. The number of carbonyl (C=O) groups excluding carboxylic acids is 1. The van der Waals surface area contributed by atoms with Gasteiger partial charge in [0.1, 0.15) is 11.3 Å². The van der Waals surface area contributed by atoms with E-state index >= 15 is 0 Å². The highest BCUT2D eigenvalue weighted by molar-refractivity contribution is 6.04. The summed E-state index contributed by atoms with van der Waals surface area (Å²) < 4.78 is 0. The first-order valence-electron chi connectivity index (χ1n) is 12.3. The fourth-order valence-corrected chi connectivity index (χ4v) is 4.66. The van der Waals surface area contributed by atoms with Crippen LogP contribution < -0.4 is 5.32 Å². The van der Waals surface area contributed by atoms with Gasteiger partial charge in [-0.15, -0.1) is 0 Å². The van der Waals surface area contributed by atoms with Gasteiger partial charge in [-0.25, -0.2) is 9.97 Å². The number of anilines is 1. The molecule has 0 aliphatic carbocycles. The van der Waals surface area contributed by atoms with Crippen LogP contribution in [0.4, 0.5) is 5.69 Å². The van der Waals surface area contributed by atoms with E-state index in [1.165, 1.54) is 0 Å². The molecule has 0 bridgehead atoms. The number of carbonyl (C=O) groups is 1. The molecule has 186 valence electrons. The fraction of sp³-hybridized carbons (Fsp3) is 0. The van der Waals surface area contributed by atoms with Crippen LogP contribution >= 0.6 is 0 Å². The molecule has 0 unspecified atom stereocenters. The van der Waals surface area contributed by atoms with E-state index in [9.17, 15) is 4.79 Å². The molecule has 0 aliphatic heterocycles. The SMILES string of the molecule is O=C(Nc1cncc(-c2cnc3[nH]nc(-c4cc5c(-c6ccncc6)ccnc5[nH]4)c3c2)c1)c1ccccc1. The van der Waals surface area contributed by atoms with Gasteiger partial charge in [0.05, 0.1) is 17.6 Å². The first kappa shape index (κ1) is 22.5. The number of fused-ring (bicyclic) bond motifs is 2. The van der Waals surface area contributed by atoms with Gasteiger partial charge in [-0.1, -0.05) is 18.2 Å². The minimum absolute atomic E-state index is 0.196. The number of aromatic amines is 2. The average Bonchev–Trinajstić information content (AvgIpc) is 3.62. The van der Waals surface area contributed by atoms with Crippen LogP contribution in [0.25, 0.3) is 55.7 Å². The van der Waals surface area contributed by atoms with E-state index in [0.29, 0.717) is 16.9 Å². The Bertz CT molecular complexity index is 1960. The van der Waals surface area contributed by atoms with Crippen molar-refractivity contribution in [3.63, 3.8) is 0 Å². The normalized spacial score (nSPS) is 11.2. The molecular weight excluding hydrogens is 488 g/mol. The average molecular weight is 509 g/mol. The van der Waals surface area contributed by atoms with E-state index in [1.54, 1.807) is 49.3 Å². The van der Waals surface area contributed by atoms with Crippen LogP contribution in [-0.4, -0.2) is 41.0 Å².